The van der Waals surface area contributed by atoms with Crippen LogP contribution < -0.4 is 16.4 Å². The topological polar surface area (TPSA) is 64.1 Å². The third-order valence-electron chi connectivity index (χ3n) is 0.192. The van der Waals surface area contributed by atoms with Gasteiger partial charge in [-0.3, -0.25) is 0 Å². The van der Waals surface area contributed by atoms with Gasteiger partial charge in [0.25, 0.3) is 0 Å². The molecule has 0 aliphatic carbocycles. The number of nitrogens with one attached hydrogen (secondary N) is 1. The lowest BCUT2D eigenvalue weighted by molar-refractivity contribution is 1.50. The van der Waals surface area contributed by atoms with E-state index in [9.17, 15) is 0 Å². The predicted molar refractivity (Wildman–Crippen MR) is 23.0 cm³/mol. The molecule has 5 heteroatoms. The normalized spacial score (nSPS) is 8.40. The van der Waals surface area contributed by atoms with Crippen LogP contribution in [0.5, 0.6) is 0 Å². The van der Waals surface area contributed by atoms with Gasteiger partial charge in [0.2, 0.25) is 0 Å². The van der Waals surface area contributed by atoms with Crippen molar-refractivity contribution < 1.29 is 0 Å². The molecule has 0 unspecified atom stereocenters. The molecule has 0 aliphatic rings. The maximum atomic E-state index is 4.79. The maximum Gasteiger partial charge on any atom is -0.222 e. The summed E-state index contributed by atoms with van der Waals surface area (Å²) >= 11 is 0. The summed E-state index contributed by atoms with van der Waals surface area (Å²) in [5.41, 5.74) is 9.58. The Hall–Kier alpha value is 0.00987. The Morgan fingerprint density at radius 3 is 1.60 bits per heavy atom. The summed E-state index contributed by atoms with van der Waals surface area (Å²) in [5, 5.41) is 2.42. The third kappa shape index (κ3) is 4.01. The standard InChI is InChI=1S/B2H5N3/c3-1-5-2-4/h5H,3-4H2/q-2. The van der Waals surface area contributed by atoms with Gasteiger partial charge in [-0.2, -0.15) is 0 Å². The SMILES string of the molecule is N[B-]N[B-]N. The molecule has 0 spiro atoms. The number of nitrogens with two attached hydrogens (primary N) is 2. The van der Waals surface area contributed by atoms with Crippen LogP contribution in [0.4, 0.5) is 0 Å². The Kier molecular flexibility index (Phi) is 4.02. The molecule has 5 N–H and O–H groups in total. The second-order valence-corrected chi connectivity index (χ2v) is 0.500. The predicted octanol–water partition coefficient (Wildman–Crippen LogP) is -2.44. The molecule has 0 fully saturated rings. The monoisotopic (exact) mass is 69.1 g/mol. The van der Waals surface area contributed by atoms with Crippen LogP contribution in [0.2, 0.25) is 0 Å². The quantitative estimate of drug-likeness (QED) is 0.315. The summed E-state index contributed by atoms with van der Waals surface area (Å²) in [5.74, 6) is 0. The van der Waals surface area contributed by atoms with E-state index in [-0.39, 0.29) is 0 Å². The van der Waals surface area contributed by atoms with Gasteiger partial charge in [-0.1, -0.05) is 0 Å². The van der Waals surface area contributed by atoms with E-state index in [2.05, 4.69) is 5.14 Å². The summed E-state index contributed by atoms with van der Waals surface area (Å²) in [7, 11) is 2.50. The lowest BCUT2D eigenvalue weighted by Gasteiger charge is -2.20. The van der Waals surface area contributed by atoms with Crippen molar-refractivity contribution >= 4 is 15.1 Å². The first-order chi connectivity index (χ1) is 2.41. The van der Waals surface area contributed by atoms with Crippen LogP contribution in [0.15, 0.2) is 0 Å². The van der Waals surface area contributed by atoms with E-state index in [0.29, 0.717) is 0 Å². The Balaban J connectivity index is 2.19. The van der Waals surface area contributed by atoms with Crippen LogP contribution in [0, 0.1) is 0 Å². The number of hydrogen-bond donors (Lipinski definition) is 3. The molecule has 0 aromatic rings. The summed E-state index contributed by atoms with van der Waals surface area (Å²) in [6, 6.07) is 0. The van der Waals surface area contributed by atoms with E-state index in [1.54, 1.807) is 0 Å². The van der Waals surface area contributed by atoms with Gasteiger partial charge in [-0.25, -0.2) is 15.1 Å². The van der Waals surface area contributed by atoms with Gasteiger partial charge >= 0.3 is 0 Å². The highest BCUT2D eigenvalue weighted by atomic mass is 14.8. The molecule has 28 valence electrons. The van der Waals surface area contributed by atoms with Gasteiger partial charge < -0.3 is 16.4 Å². The van der Waals surface area contributed by atoms with Crippen molar-refractivity contribution in [2.24, 2.45) is 11.3 Å². The molecule has 0 aromatic heterocycles. The van der Waals surface area contributed by atoms with Crippen LogP contribution in [0.25, 0.3) is 0 Å². The number of hydrogen-bond acceptors (Lipinski definition) is 3. The minimum atomic E-state index is 1.25. The van der Waals surface area contributed by atoms with Crippen molar-refractivity contribution in [3.8, 4) is 0 Å². The molecule has 5 heavy (non-hydrogen) atoms. The van der Waals surface area contributed by atoms with Crippen LogP contribution in [0.1, 0.15) is 0 Å². The second-order valence-electron chi connectivity index (χ2n) is 0.500. The zero-order valence-electron chi connectivity index (χ0n) is 2.81. The average Bonchev–Trinajstić information content (AvgIpc) is 1.41. The fraction of sp³-hybridized carbons (Fsp3) is 0. The first-order valence-corrected chi connectivity index (χ1v) is 1.24. The Morgan fingerprint density at radius 1 is 1.20 bits per heavy atom. The van der Waals surface area contributed by atoms with Crippen molar-refractivity contribution in [3.63, 3.8) is 0 Å². The van der Waals surface area contributed by atoms with E-state index in [1.807, 2.05) is 0 Å². The van der Waals surface area contributed by atoms with Crippen molar-refractivity contribution in [3.05, 3.63) is 0 Å². The van der Waals surface area contributed by atoms with Gasteiger partial charge in [-0.15, -0.1) is 0 Å². The highest BCUT2D eigenvalue weighted by Gasteiger charge is 1.30. The molecule has 0 heterocycles. The average molecular weight is 68.7 g/mol. The summed E-state index contributed by atoms with van der Waals surface area (Å²) in [6.45, 7) is 0. The summed E-state index contributed by atoms with van der Waals surface area (Å²) in [6.07, 6.45) is 0. The first-order valence-electron chi connectivity index (χ1n) is 1.24. The largest absolute Gasteiger partial charge is 0.740 e. The van der Waals surface area contributed by atoms with Crippen LogP contribution in [-0.4, -0.2) is 15.1 Å². The van der Waals surface area contributed by atoms with Crippen LogP contribution in [-0.2, 0) is 0 Å². The van der Waals surface area contributed by atoms with Gasteiger partial charge in [0, 0.05) is 0 Å². The molecular weight excluding hydrogens is 63.6 g/mol. The maximum absolute atomic E-state index is 4.79. The Labute approximate surface area is 32.7 Å². The molecule has 0 aliphatic heterocycles. The zero-order valence-corrected chi connectivity index (χ0v) is 2.81. The lowest BCUT2D eigenvalue weighted by atomic mass is 10.1. The van der Waals surface area contributed by atoms with E-state index in [0.717, 1.165) is 0 Å². The van der Waals surface area contributed by atoms with Crippen molar-refractivity contribution in [2.75, 3.05) is 0 Å². The molecule has 0 rings (SSSR count). The zero-order chi connectivity index (χ0) is 4.12. The fourth-order valence-corrected chi connectivity index (χ4v) is 0.0556. The van der Waals surface area contributed by atoms with Crippen LogP contribution >= 0.6 is 0 Å². The first kappa shape index (κ1) is 5.01. The molecule has 0 aromatic carbocycles. The van der Waals surface area contributed by atoms with Gasteiger partial charge in [0.15, 0.2) is 0 Å². The van der Waals surface area contributed by atoms with Crippen LogP contribution in [0.3, 0.4) is 0 Å². The van der Waals surface area contributed by atoms with Crippen molar-refractivity contribution in [1.82, 2.24) is 5.14 Å². The Morgan fingerprint density at radius 2 is 1.60 bits per heavy atom. The van der Waals surface area contributed by atoms with E-state index in [4.69, 9.17) is 11.3 Å². The van der Waals surface area contributed by atoms with Gasteiger partial charge in [0.1, 0.15) is 0 Å². The molecule has 0 amide bonds. The third-order valence-corrected chi connectivity index (χ3v) is 0.192. The minimum Gasteiger partial charge on any atom is -0.740 e. The van der Waals surface area contributed by atoms with E-state index in [1.165, 1.54) is 15.1 Å². The van der Waals surface area contributed by atoms with E-state index >= 15 is 0 Å². The lowest BCUT2D eigenvalue weighted by Crippen LogP contribution is -2.35. The minimum absolute atomic E-state index is 1.25. The smallest absolute Gasteiger partial charge is 0.222 e. The van der Waals surface area contributed by atoms with E-state index < -0.39 is 0 Å². The Bertz CT molecular complexity index is 12.4. The molecule has 0 atom stereocenters. The summed E-state index contributed by atoms with van der Waals surface area (Å²) < 4.78 is 0. The molecule has 3 nitrogen and oxygen atoms in total. The van der Waals surface area contributed by atoms with Crippen molar-refractivity contribution in [1.29, 1.82) is 0 Å². The molecule has 0 saturated carbocycles. The second kappa shape index (κ2) is 4.01. The fourth-order valence-electron chi connectivity index (χ4n) is 0.0556. The highest BCUT2D eigenvalue weighted by Crippen LogP contribution is 1.15. The molecular formula is H5B2N3-2. The molecule has 0 saturated heterocycles. The number of rotatable bonds is 2. The van der Waals surface area contributed by atoms with Crippen molar-refractivity contribution in [2.45, 2.75) is 0 Å². The molecule has 0 bridgehead atoms. The van der Waals surface area contributed by atoms with Gasteiger partial charge in [-0.05, 0) is 0 Å². The highest BCUT2D eigenvalue weighted by molar-refractivity contribution is 6.46. The summed E-state index contributed by atoms with van der Waals surface area (Å²) in [4.78, 5) is 0. The van der Waals surface area contributed by atoms with Gasteiger partial charge in [0.05, 0.1) is 0 Å². The molecule has 4 radical (unpaired) electrons.